The number of fused-ring (bicyclic) bond motifs is 2. The van der Waals surface area contributed by atoms with Gasteiger partial charge in [0.1, 0.15) is 28.6 Å². The molecule has 0 aromatic heterocycles. The molecule has 1 aliphatic rings. The van der Waals surface area contributed by atoms with Crippen molar-refractivity contribution in [1.29, 1.82) is 0 Å². The molecule has 7 nitrogen and oxygen atoms in total. The summed E-state index contributed by atoms with van der Waals surface area (Å²) >= 11 is 0. The molecule has 0 bridgehead atoms. The maximum atomic E-state index is 12.8. The minimum atomic E-state index is -0.867. The molecule has 2 aromatic rings. The molecule has 134 valence electrons. The summed E-state index contributed by atoms with van der Waals surface area (Å²) in [6.45, 7) is 1.87. The van der Waals surface area contributed by atoms with Gasteiger partial charge in [-0.1, -0.05) is 13.3 Å². The van der Waals surface area contributed by atoms with E-state index < -0.39 is 51.5 Å². The minimum Gasteiger partial charge on any atom is -0.508 e. The Hall–Kier alpha value is -3.35. The monoisotopic (exact) mass is 356 g/mol. The molecule has 0 saturated heterocycles. The van der Waals surface area contributed by atoms with E-state index in [0.29, 0.717) is 6.42 Å². The fraction of sp³-hybridized carbons (Fsp3) is 0.211. The van der Waals surface area contributed by atoms with Crippen molar-refractivity contribution in [2.45, 2.75) is 26.2 Å². The van der Waals surface area contributed by atoms with Crippen molar-refractivity contribution >= 4 is 17.3 Å². The van der Waals surface area contributed by atoms with Crippen LogP contribution in [-0.2, 0) is 0 Å². The molecular formula is C19H16O7. The number of hydrogen-bond donors (Lipinski definition) is 4. The van der Waals surface area contributed by atoms with Crippen molar-refractivity contribution in [1.82, 2.24) is 0 Å². The summed E-state index contributed by atoms with van der Waals surface area (Å²) in [5.41, 5.74) is -1.77. The van der Waals surface area contributed by atoms with Crippen LogP contribution in [-0.4, -0.2) is 37.8 Å². The second-order valence-corrected chi connectivity index (χ2v) is 6.11. The second-order valence-electron chi connectivity index (χ2n) is 6.11. The number of hydrogen-bond acceptors (Lipinski definition) is 7. The lowest BCUT2D eigenvalue weighted by atomic mass is 9.81. The lowest BCUT2D eigenvalue weighted by Gasteiger charge is -2.21. The van der Waals surface area contributed by atoms with Gasteiger partial charge in [0.05, 0.1) is 11.1 Å². The molecule has 1 aliphatic carbocycles. The van der Waals surface area contributed by atoms with E-state index in [-0.39, 0.29) is 23.1 Å². The zero-order valence-corrected chi connectivity index (χ0v) is 13.9. The molecule has 3 rings (SSSR count). The summed E-state index contributed by atoms with van der Waals surface area (Å²) in [6, 6.07) is 2.88. The first-order chi connectivity index (χ1) is 12.3. The van der Waals surface area contributed by atoms with Gasteiger partial charge in [-0.15, -0.1) is 0 Å². The van der Waals surface area contributed by atoms with Gasteiger partial charge in [0.25, 0.3) is 0 Å². The normalized spacial score (nSPS) is 12.7. The van der Waals surface area contributed by atoms with Gasteiger partial charge in [-0.25, -0.2) is 0 Å². The lowest BCUT2D eigenvalue weighted by Crippen LogP contribution is -2.22. The smallest absolute Gasteiger partial charge is 0.202 e. The number of phenolic OH excluding ortho intramolecular Hbond substituents is 4. The average Bonchev–Trinajstić information content (AvgIpc) is 2.56. The highest BCUT2D eigenvalue weighted by Gasteiger charge is 2.37. The summed E-state index contributed by atoms with van der Waals surface area (Å²) in [5.74, 6) is -4.59. The first-order valence-corrected chi connectivity index (χ1v) is 8.05. The molecule has 0 aliphatic heterocycles. The van der Waals surface area contributed by atoms with E-state index in [1.807, 2.05) is 6.92 Å². The highest BCUT2D eigenvalue weighted by atomic mass is 16.3. The van der Waals surface area contributed by atoms with Gasteiger partial charge in [-0.05, 0) is 18.6 Å². The van der Waals surface area contributed by atoms with Gasteiger partial charge < -0.3 is 20.4 Å². The summed E-state index contributed by atoms with van der Waals surface area (Å²) in [6.07, 6.45) is 1.32. The fourth-order valence-electron chi connectivity index (χ4n) is 3.10. The van der Waals surface area contributed by atoms with Crippen LogP contribution in [0.25, 0.3) is 0 Å². The van der Waals surface area contributed by atoms with Crippen molar-refractivity contribution in [2.75, 3.05) is 0 Å². The van der Waals surface area contributed by atoms with Gasteiger partial charge in [0.15, 0.2) is 11.6 Å². The van der Waals surface area contributed by atoms with Crippen LogP contribution in [0.4, 0.5) is 0 Å². The molecule has 0 radical (unpaired) electrons. The average molecular weight is 356 g/mol. The Morgan fingerprint density at radius 3 is 2.19 bits per heavy atom. The molecule has 0 unspecified atom stereocenters. The van der Waals surface area contributed by atoms with Crippen LogP contribution < -0.4 is 0 Å². The van der Waals surface area contributed by atoms with E-state index in [0.717, 1.165) is 24.6 Å². The van der Waals surface area contributed by atoms with Crippen LogP contribution in [0.1, 0.15) is 68.4 Å². The van der Waals surface area contributed by atoms with E-state index in [1.54, 1.807) is 0 Å². The zero-order chi connectivity index (χ0) is 19.2. The third kappa shape index (κ3) is 2.48. The maximum Gasteiger partial charge on any atom is 0.202 e. The van der Waals surface area contributed by atoms with Gasteiger partial charge in [-0.3, -0.25) is 14.4 Å². The maximum absolute atomic E-state index is 12.8. The van der Waals surface area contributed by atoms with Crippen LogP contribution in [0.5, 0.6) is 23.0 Å². The van der Waals surface area contributed by atoms with E-state index in [4.69, 9.17) is 0 Å². The molecule has 2 aromatic carbocycles. The predicted octanol–water partition coefficient (Wildman–Crippen LogP) is 2.66. The van der Waals surface area contributed by atoms with E-state index in [9.17, 15) is 34.8 Å². The largest absolute Gasteiger partial charge is 0.508 e. The van der Waals surface area contributed by atoms with Crippen LogP contribution in [0.15, 0.2) is 18.2 Å². The molecule has 7 heteroatoms. The van der Waals surface area contributed by atoms with Gasteiger partial charge in [-0.2, -0.15) is 0 Å². The Morgan fingerprint density at radius 2 is 1.54 bits per heavy atom. The van der Waals surface area contributed by atoms with Crippen molar-refractivity contribution < 1.29 is 34.8 Å². The summed E-state index contributed by atoms with van der Waals surface area (Å²) in [5, 5.41) is 40.1. The number of phenols is 4. The Morgan fingerprint density at radius 1 is 0.885 bits per heavy atom. The Bertz CT molecular complexity index is 973. The van der Waals surface area contributed by atoms with Crippen molar-refractivity contribution in [2.24, 2.45) is 0 Å². The number of aromatic hydroxyl groups is 4. The third-order valence-corrected chi connectivity index (χ3v) is 4.36. The Labute approximate surface area is 148 Å². The minimum absolute atomic E-state index is 0.0637. The van der Waals surface area contributed by atoms with Crippen LogP contribution in [0, 0.1) is 0 Å². The van der Waals surface area contributed by atoms with E-state index in [1.165, 1.54) is 0 Å². The quantitative estimate of drug-likeness (QED) is 0.528. The van der Waals surface area contributed by atoms with E-state index in [2.05, 4.69) is 0 Å². The molecule has 0 atom stereocenters. The zero-order valence-electron chi connectivity index (χ0n) is 13.9. The molecule has 0 amide bonds. The number of carbonyl (C=O) groups is 3. The highest BCUT2D eigenvalue weighted by molar-refractivity contribution is 6.31. The van der Waals surface area contributed by atoms with Crippen molar-refractivity contribution in [3.63, 3.8) is 0 Å². The van der Waals surface area contributed by atoms with Crippen LogP contribution >= 0.6 is 0 Å². The number of unbranched alkanes of at least 4 members (excludes halogenated alkanes) is 1. The molecule has 0 saturated carbocycles. The number of benzene rings is 2. The summed E-state index contributed by atoms with van der Waals surface area (Å²) < 4.78 is 0. The molecule has 4 N–H and O–H groups in total. The topological polar surface area (TPSA) is 132 Å². The molecular weight excluding hydrogens is 340 g/mol. The highest BCUT2D eigenvalue weighted by Crippen LogP contribution is 2.42. The van der Waals surface area contributed by atoms with Crippen LogP contribution in [0.3, 0.4) is 0 Å². The number of carbonyl (C=O) groups excluding carboxylic acids is 3. The van der Waals surface area contributed by atoms with Gasteiger partial charge in [0, 0.05) is 23.6 Å². The number of Topliss-reactive ketones (excluding diaryl/α,β-unsaturated/α-hetero) is 1. The predicted molar refractivity (Wildman–Crippen MR) is 90.3 cm³/mol. The third-order valence-electron chi connectivity index (χ3n) is 4.36. The Kier molecular flexibility index (Phi) is 4.15. The van der Waals surface area contributed by atoms with Crippen molar-refractivity contribution in [3.05, 3.63) is 46.0 Å². The van der Waals surface area contributed by atoms with Gasteiger partial charge in [0.2, 0.25) is 5.78 Å². The SMILES string of the molecule is CCCCC(=O)c1c(O)cc2c(c1O)C(=O)c1c(O)cc(O)cc1C2=O. The first kappa shape index (κ1) is 17.5. The molecule has 0 fully saturated rings. The molecule has 26 heavy (non-hydrogen) atoms. The standard InChI is InChI=1S/C19H16O7/c1-2-3-4-11(21)16-13(23)7-10-15(19(16)26)18(25)14-9(17(10)24)5-8(20)6-12(14)22/h5-7,20,22-23,26H,2-4H2,1H3. The lowest BCUT2D eigenvalue weighted by molar-refractivity contribution is 0.0963. The Balaban J connectivity index is 2.24. The van der Waals surface area contributed by atoms with Crippen LogP contribution in [0.2, 0.25) is 0 Å². The fourth-order valence-corrected chi connectivity index (χ4v) is 3.10. The number of ketones is 3. The molecule has 0 heterocycles. The summed E-state index contributed by atoms with van der Waals surface area (Å²) in [7, 11) is 0. The van der Waals surface area contributed by atoms with E-state index >= 15 is 0 Å². The van der Waals surface area contributed by atoms with Crippen molar-refractivity contribution in [3.8, 4) is 23.0 Å². The molecule has 0 spiro atoms. The summed E-state index contributed by atoms with van der Waals surface area (Å²) in [4.78, 5) is 37.7. The first-order valence-electron chi connectivity index (χ1n) is 8.05. The second kappa shape index (κ2) is 6.18. The van der Waals surface area contributed by atoms with Gasteiger partial charge >= 0.3 is 0 Å². The number of rotatable bonds is 4.